The van der Waals surface area contributed by atoms with Crippen molar-refractivity contribution in [2.24, 2.45) is 10.1 Å². The van der Waals surface area contributed by atoms with Crippen LogP contribution in [0, 0.1) is 25.1 Å². The van der Waals surface area contributed by atoms with Crippen LogP contribution in [-0.4, -0.2) is 31.8 Å². The zero-order valence-electron chi connectivity index (χ0n) is 15.0. The molecule has 144 valence electrons. The average molecular weight is 393 g/mol. The number of nitrogens with two attached hydrogens (primary N) is 2. The van der Waals surface area contributed by atoms with Crippen molar-refractivity contribution in [2.75, 3.05) is 6.61 Å². The Morgan fingerprint density at radius 3 is 2.56 bits per heavy atom. The second-order valence-electron chi connectivity index (χ2n) is 6.19. The lowest BCUT2D eigenvalue weighted by Crippen LogP contribution is -2.83. The summed E-state index contributed by atoms with van der Waals surface area (Å²) in [5, 5.41) is 23.1. The summed E-state index contributed by atoms with van der Waals surface area (Å²) in [6.45, 7) is 3.34. The number of aliphatic hydroxyl groups is 1. The van der Waals surface area contributed by atoms with Crippen molar-refractivity contribution < 1.29 is 23.2 Å². The first kappa shape index (κ1) is 20.8. The van der Waals surface area contributed by atoms with Gasteiger partial charge in [-0.1, -0.05) is 23.8 Å². The van der Waals surface area contributed by atoms with Gasteiger partial charge < -0.3 is 5.11 Å². The summed E-state index contributed by atoms with van der Waals surface area (Å²) >= 11 is 0. The Bertz CT molecular complexity index is 1000. The maximum atomic E-state index is 14.3. The molecule has 0 aliphatic carbocycles. The van der Waals surface area contributed by atoms with Gasteiger partial charge in [-0.15, -0.1) is 0 Å². The number of quaternary nitrogens is 1. The van der Waals surface area contributed by atoms with E-state index in [1.54, 1.807) is 0 Å². The quantitative estimate of drug-likeness (QED) is 0.341. The number of aliphatic hydroxyl groups excluding tert-OH is 1. The Kier molecular flexibility index (Phi) is 6.55. The van der Waals surface area contributed by atoms with Crippen LogP contribution in [0.2, 0.25) is 0 Å². The minimum absolute atomic E-state index is 0.109. The zero-order valence-corrected chi connectivity index (χ0v) is 15.8. The van der Waals surface area contributed by atoms with Gasteiger partial charge in [0.25, 0.3) is 0 Å². The number of aliphatic imine (C=N–C) groups is 1. The highest BCUT2D eigenvalue weighted by Gasteiger charge is 2.17. The minimum Gasteiger partial charge on any atom is -0.388 e. The number of nitrogens with zero attached hydrogens (tertiary/aromatic N) is 1. The topological polar surface area (TPSA) is 133 Å². The van der Waals surface area contributed by atoms with E-state index in [9.17, 15) is 12.8 Å². The minimum atomic E-state index is -4.00. The SMILES string of the molecule is Cc1ccc(C)c(CC(=NC(=N)CO)[NH2+]c2ccc(S(N)(=O)=O)cc2F)c1. The number of halogens is 1. The third-order valence-electron chi connectivity index (χ3n) is 3.93. The number of nitrogens with one attached hydrogen (secondary N) is 1. The molecular weight excluding hydrogens is 371 g/mol. The van der Waals surface area contributed by atoms with Crippen LogP contribution >= 0.6 is 0 Å². The highest BCUT2D eigenvalue weighted by Crippen LogP contribution is 2.15. The van der Waals surface area contributed by atoms with Crippen LogP contribution in [0.15, 0.2) is 46.3 Å². The normalized spacial score (nSPS) is 12.3. The summed E-state index contributed by atoms with van der Waals surface area (Å²) in [7, 11) is -4.00. The van der Waals surface area contributed by atoms with Gasteiger partial charge in [0.2, 0.25) is 15.9 Å². The van der Waals surface area contributed by atoms with Crippen LogP contribution in [0.25, 0.3) is 0 Å². The standard InChI is InChI=1S/C18H21FN4O3S/c1-11-3-4-12(2)13(7-11)8-18(23-17(20)10-24)22-16-6-5-14(9-15(16)19)27(21,25)26/h3-7,9,24H,8,10H2,1-2H3,(H2,20,22,23)(H2,21,25,26)/p+1. The Labute approximate surface area is 157 Å². The molecule has 0 saturated carbocycles. The van der Waals surface area contributed by atoms with E-state index in [4.69, 9.17) is 15.7 Å². The Balaban J connectivity index is 2.37. The fourth-order valence-corrected chi connectivity index (χ4v) is 3.02. The van der Waals surface area contributed by atoms with Crippen LogP contribution in [-0.2, 0) is 16.4 Å². The summed E-state index contributed by atoms with van der Waals surface area (Å²) in [5.41, 5.74) is 3.13. The van der Waals surface area contributed by atoms with E-state index in [1.807, 2.05) is 32.0 Å². The van der Waals surface area contributed by atoms with Gasteiger partial charge in [-0.3, -0.25) is 10.7 Å². The van der Waals surface area contributed by atoms with Gasteiger partial charge in [-0.05, 0) is 31.0 Å². The number of aryl methyl sites for hydroxylation is 2. The van der Waals surface area contributed by atoms with Crippen molar-refractivity contribution in [3.8, 4) is 0 Å². The maximum Gasteiger partial charge on any atom is 0.238 e. The highest BCUT2D eigenvalue weighted by molar-refractivity contribution is 7.89. The monoisotopic (exact) mass is 393 g/mol. The molecule has 0 saturated heterocycles. The summed E-state index contributed by atoms with van der Waals surface area (Å²) in [6.07, 6.45) is 0.326. The largest absolute Gasteiger partial charge is 0.388 e. The van der Waals surface area contributed by atoms with Gasteiger partial charge in [-0.2, -0.15) is 4.99 Å². The second-order valence-corrected chi connectivity index (χ2v) is 7.75. The fourth-order valence-electron chi connectivity index (χ4n) is 2.50. The van der Waals surface area contributed by atoms with Crippen molar-refractivity contribution in [1.82, 2.24) is 0 Å². The van der Waals surface area contributed by atoms with Crippen molar-refractivity contribution in [2.45, 2.75) is 25.2 Å². The molecule has 0 amide bonds. The molecule has 0 aromatic heterocycles. The van der Waals surface area contributed by atoms with Gasteiger partial charge in [0, 0.05) is 12.1 Å². The van der Waals surface area contributed by atoms with Gasteiger partial charge in [0.1, 0.15) is 6.61 Å². The zero-order chi connectivity index (χ0) is 20.2. The molecule has 9 heteroatoms. The molecule has 0 atom stereocenters. The molecule has 0 unspecified atom stereocenters. The number of primary sulfonamides is 1. The number of amidine groups is 2. The van der Waals surface area contributed by atoms with Gasteiger partial charge in [-0.25, -0.2) is 17.9 Å². The fraction of sp³-hybridized carbons (Fsp3) is 0.222. The van der Waals surface area contributed by atoms with Crippen LogP contribution in [0.3, 0.4) is 0 Å². The van der Waals surface area contributed by atoms with Gasteiger partial charge >= 0.3 is 0 Å². The third kappa shape index (κ3) is 5.76. The lowest BCUT2D eigenvalue weighted by atomic mass is 10.0. The Morgan fingerprint density at radius 2 is 1.96 bits per heavy atom. The van der Waals surface area contributed by atoms with Crippen molar-refractivity contribution in [3.63, 3.8) is 0 Å². The number of rotatable bonds is 5. The Hall–Kier alpha value is -2.46. The average Bonchev–Trinajstić information content (AvgIpc) is 2.58. The second kappa shape index (κ2) is 8.49. The highest BCUT2D eigenvalue weighted by atomic mass is 32.2. The first-order valence-corrected chi connectivity index (χ1v) is 9.64. The van der Waals surface area contributed by atoms with E-state index in [1.165, 1.54) is 17.4 Å². The van der Waals surface area contributed by atoms with E-state index in [0.717, 1.165) is 22.8 Å². The van der Waals surface area contributed by atoms with E-state index in [0.29, 0.717) is 12.3 Å². The van der Waals surface area contributed by atoms with Crippen LogP contribution in [0.1, 0.15) is 16.7 Å². The van der Waals surface area contributed by atoms with Gasteiger partial charge in [0.15, 0.2) is 17.3 Å². The number of sulfonamides is 1. The predicted molar refractivity (Wildman–Crippen MR) is 101 cm³/mol. The summed E-state index contributed by atoms with van der Waals surface area (Å²) in [4.78, 5) is 3.73. The number of benzene rings is 2. The van der Waals surface area contributed by atoms with E-state index < -0.39 is 22.4 Å². The van der Waals surface area contributed by atoms with Crippen LogP contribution in [0.5, 0.6) is 0 Å². The molecule has 27 heavy (non-hydrogen) atoms. The lowest BCUT2D eigenvalue weighted by Gasteiger charge is -2.09. The molecule has 0 aliphatic rings. The molecule has 0 heterocycles. The van der Waals surface area contributed by atoms with Crippen molar-refractivity contribution >= 4 is 27.4 Å². The number of hydrogen-bond donors (Lipinski definition) is 4. The molecule has 2 aromatic carbocycles. The van der Waals surface area contributed by atoms with Crippen molar-refractivity contribution in [1.29, 1.82) is 5.41 Å². The first-order valence-electron chi connectivity index (χ1n) is 8.09. The molecule has 0 aliphatic heterocycles. The van der Waals surface area contributed by atoms with E-state index in [2.05, 4.69) is 4.99 Å². The van der Waals surface area contributed by atoms with E-state index in [-0.39, 0.29) is 16.4 Å². The molecule has 0 spiro atoms. The maximum absolute atomic E-state index is 14.3. The van der Waals surface area contributed by atoms with Gasteiger partial charge in [0.05, 0.1) is 11.3 Å². The summed E-state index contributed by atoms with van der Waals surface area (Å²) in [5.74, 6) is -0.663. The number of hydrogen-bond acceptors (Lipinski definition) is 4. The molecule has 2 rings (SSSR count). The molecular formula is C18H22FN4O3S+. The molecule has 6 N–H and O–H groups in total. The molecule has 0 bridgehead atoms. The Morgan fingerprint density at radius 1 is 1.26 bits per heavy atom. The third-order valence-corrected chi connectivity index (χ3v) is 4.84. The van der Waals surface area contributed by atoms with Crippen LogP contribution in [0.4, 0.5) is 10.1 Å². The van der Waals surface area contributed by atoms with Crippen molar-refractivity contribution in [3.05, 3.63) is 58.9 Å². The molecule has 0 fully saturated rings. The molecule has 0 radical (unpaired) electrons. The smallest absolute Gasteiger partial charge is 0.238 e. The molecule has 2 aromatic rings. The van der Waals surface area contributed by atoms with Crippen LogP contribution < -0.4 is 10.5 Å². The predicted octanol–water partition coefficient (Wildman–Crippen LogP) is 0.896. The summed E-state index contributed by atoms with van der Waals surface area (Å²) < 4.78 is 37.0. The summed E-state index contributed by atoms with van der Waals surface area (Å²) in [6, 6.07) is 9.24. The molecule has 7 nitrogen and oxygen atoms in total. The first-order chi connectivity index (χ1) is 12.6. The lowest BCUT2D eigenvalue weighted by molar-refractivity contribution is -0.448. The van der Waals surface area contributed by atoms with E-state index >= 15 is 0 Å².